The Morgan fingerprint density at radius 1 is 1.00 bits per heavy atom. The van der Waals surface area contributed by atoms with E-state index in [1.165, 1.54) is 22.0 Å². The average Bonchev–Trinajstić information content (AvgIpc) is 2.89. The van der Waals surface area contributed by atoms with E-state index >= 15 is 0 Å². The zero-order valence-electron chi connectivity index (χ0n) is 11.7. The normalized spacial score (nSPS) is 14.3. The molecule has 0 saturated carbocycles. The van der Waals surface area contributed by atoms with E-state index in [9.17, 15) is 0 Å². The maximum Gasteiger partial charge on any atom is 0.0457 e. The zero-order valence-corrected chi connectivity index (χ0v) is 11.7. The first-order chi connectivity index (χ1) is 9.75. The van der Waals surface area contributed by atoms with Crippen molar-refractivity contribution in [1.82, 2.24) is 4.98 Å². The average molecular weight is 264 g/mol. The lowest BCUT2D eigenvalue weighted by molar-refractivity contribution is 0.611. The van der Waals surface area contributed by atoms with E-state index in [4.69, 9.17) is 5.73 Å². The predicted molar refractivity (Wildman–Crippen MR) is 84.9 cm³/mol. The molecule has 0 radical (unpaired) electrons. The first-order valence-electron chi connectivity index (χ1n) is 7.12. The lowest BCUT2D eigenvalue weighted by atomic mass is 9.86. The summed E-state index contributed by atoms with van der Waals surface area (Å²) in [5, 5.41) is 1.29. The molecule has 3 rings (SSSR count). The van der Waals surface area contributed by atoms with E-state index in [1.807, 2.05) is 0 Å². The lowest BCUT2D eigenvalue weighted by Gasteiger charge is -2.19. The number of aromatic nitrogens is 1. The number of H-pyrrole nitrogens is 1. The van der Waals surface area contributed by atoms with E-state index in [1.54, 1.807) is 0 Å². The number of rotatable bonds is 4. The predicted octanol–water partition coefficient (Wildman–Crippen LogP) is 4.04. The molecule has 0 aliphatic carbocycles. The van der Waals surface area contributed by atoms with Crippen LogP contribution in [-0.2, 0) is 0 Å². The number of aromatic amines is 1. The van der Waals surface area contributed by atoms with Crippen molar-refractivity contribution >= 4 is 10.9 Å². The van der Waals surface area contributed by atoms with Gasteiger partial charge in [0.1, 0.15) is 0 Å². The van der Waals surface area contributed by atoms with Gasteiger partial charge in [0.15, 0.2) is 0 Å². The standard InChI is InChI=1S/C18H20N2/c1-13(19)11-16(14-7-3-2-4-8-14)17-12-20-18-10-6-5-9-15(17)18/h2-10,12-13,16,20H,11,19H2,1H3/t13-,16-/m1/s1. The number of hydrogen-bond acceptors (Lipinski definition) is 1. The van der Waals surface area contributed by atoms with Gasteiger partial charge in [0, 0.05) is 29.1 Å². The Morgan fingerprint density at radius 2 is 1.70 bits per heavy atom. The molecule has 102 valence electrons. The van der Waals surface area contributed by atoms with Crippen molar-refractivity contribution in [2.24, 2.45) is 5.73 Å². The molecular formula is C18H20N2. The molecule has 2 heteroatoms. The van der Waals surface area contributed by atoms with Crippen LogP contribution in [0.25, 0.3) is 10.9 Å². The van der Waals surface area contributed by atoms with Crippen LogP contribution in [0.5, 0.6) is 0 Å². The highest BCUT2D eigenvalue weighted by atomic mass is 14.7. The van der Waals surface area contributed by atoms with Gasteiger partial charge in [-0.1, -0.05) is 48.5 Å². The third-order valence-corrected chi connectivity index (χ3v) is 3.81. The number of fused-ring (bicyclic) bond motifs is 1. The maximum atomic E-state index is 6.07. The summed E-state index contributed by atoms with van der Waals surface area (Å²) in [5.74, 6) is 0.340. The highest BCUT2D eigenvalue weighted by molar-refractivity contribution is 5.84. The number of benzene rings is 2. The Morgan fingerprint density at radius 3 is 2.45 bits per heavy atom. The van der Waals surface area contributed by atoms with E-state index < -0.39 is 0 Å². The number of nitrogens with two attached hydrogens (primary N) is 1. The summed E-state index contributed by atoms with van der Waals surface area (Å²) in [6.07, 6.45) is 3.08. The van der Waals surface area contributed by atoms with Crippen LogP contribution < -0.4 is 5.73 Å². The van der Waals surface area contributed by atoms with Gasteiger partial charge in [-0.3, -0.25) is 0 Å². The summed E-state index contributed by atoms with van der Waals surface area (Å²) in [6, 6.07) is 19.3. The molecule has 2 atom stereocenters. The van der Waals surface area contributed by atoms with Gasteiger partial charge in [0.05, 0.1) is 0 Å². The van der Waals surface area contributed by atoms with Crippen LogP contribution in [0.1, 0.15) is 30.4 Å². The first-order valence-corrected chi connectivity index (χ1v) is 7.12. The molecule has 20 heavy (non-hydrogen) atoms. The van der Waals surface area contributed by atoms with Crippen molar-refractivity contribution in [3.05, 3.63) is 71.9 Å². The molecule has 3 aromatic rings. The highest BCUT2D eigenvalue weighted by Gasteiger charge is 2.19. The van der Waals surface area contributed by atoms with Gasteiger partial charge in [0.25, 0.3) is 0 Å². The van der Waals surface area contributed by atoms with E-state index in [0.717, 1.165) is 6.42 Å². The van der Waals surface area contributed by atoms with Crippen molar-refractivity contribution in [2.45, 2.75) is 25.3 Å². The second-order valence-corrected chi connectivity index (χ2v) is 5.47. The van der Waals surface area contributed by atoms with Gasteiger partial charge in [-0.05, 0) is 30.5 Å². The van der Waals surface area contributed by atoms with Gasteiger partial charge in [-0.15, -0.1) is 0 Å². The SMILES string of the molecule is C[C@@H](N)C[C@H](c1ccccc1)c1c[nH]c2ccccc12. The van der Waals surface area contributed by atoms with Gasteiger partial charge in [-0.25, -0.2) is 0 Å². The molecular weight excluding hydrogens is 244 g/mol. The fourth-order valence-electron chi connectivity index (χ4n) is 2.88. The van der Waals surface area contributed by atoms with Crippen LogP contribution in [0.15, 0.2) is 60.8 Å². The molecule has 0 amide bonds. The molecule has 0 aliphatic rings. The highest BCUT2D eigenvalue weighted by Crippen LogP contribution is 2.33. The maximum absolute atomic E-state index is 6.07. The molecule has 0 bridgehead atoms. The Balaban J connectivity index is 2.09. The summed E-state index contributed by atoms with van der Waals surface area (Å²) in [5.41, 5.74) is 9.92. The van der Waals surface area contributed by atoms with Crippen LogP contribution in [0, 0.1) is 0 Å². The van der Waals surface area contributed by atoms with Crippen LogP contribution in [0.2, 0.25) is 0 Å². The molecule has 0 saturated heterocycles. The number of nitrogens with one attached hydrogen (secondary N) is 1. The van der Waals surface area contributed by atoms with Gasteiger partial charge in [0.2, 0.25) is 0 Å². The van der Waals surface area contributed by atoms with Crippen LogP contribution in [-0.4, -0.2) is 11.0 Å². The van der Waals surface area contributed by atoms with Crippen molar-refractivity contribution in [1.29, 1.82) is 0 Å². The largest absolute Gasteiger partial charge is 0.361 e. The molecule has 0 fully saturated rings. The van der Waals surface area contributed by atoms with Crippen LogP contribution in [0.3, 0.4) is 0 Å². The van der Waals surface area contributed by atoms with E-state index in [-0.39, 0.29) is 6.04 Å². The Kier molecular flexibility index (Phi) is 3.57. The van der Waals surface area contributed by atoms with Gasteiger partial charge < -0.3 is 10.7 Å². The lowest BCUT2D eigenvalue weighted by Crippen LogP contribution is -2.19. The molecule has 0 spiro atoms. The zero-order chi connectivity index (χ0) is 13.9. The Hall–Kier alpha value is -2.06. The van der Waals surface area contributed by atoms with E-state index in [2.05, 4.69) is 72.7 Å². The molecule has 0 aliphatic heterocycles. The molecule has 1 heterocycles. The second-order valence-electron chi connectivity index (χ2n) is 5.47. The fourth-order valence-corrected chi connectivity index (χ4v) is 2.88. The van der Waals surface area contributed by atoms with E-state index in [0.29, 0.717) is 5.92 Å². The molecule has 2 aromatic carbocycles. The number of para-hydroxylation sites is 1. The minimum atomic E-state index is 0.175. The summed E-state index contributed by atoms with van der Waals surface area (Å²) < 4.78 is 0. The smallest absolute Gasteiger partial charge is 0.0457 e. The summed E-state index contributed by atoms with van der Waals surface area (Å²) in [4.78, 5) is 3.37. The van der Waals surface area contributed by atoms with Gasteiger partial charge in [-0.2, -0.15) is 0 Å². The van der Waals surface area contributed by atoms with Crippen molar-refractivity contribution < 1.29 is 0 Å². The quantitative estimate of drug-likeness (QED) is 0.733. The van der Waals surface area contributed by atoms with Crippen molar-refractivity contribution in [2.75, 3.05) is 0 Å². The molecule has 2 nitrogen and oxygen atoms in total. The van der Waals surface area contributed by atoms with Gasteiger partial charge >= 0.3 is 0 Å². The minimum absolute atomic E-state index is 0.175. The van der Waals surface area contributed by atoms with Crippen LogP contribution >= 0.6 is 0 Å². The monoisotopic (exact) mass is 264 g/mol. The molecule has 0 unspecified atom stereocenters. The summed E-state index contributed by atoms with van der Waals surface area (Å²) >= 11 is 0. The summed E-state index contributed by atoms with van der Waals surface area (Å²) in [6.45, 7) is 2.07. The summed E-state index contributed by atoms with van der Waals surface area (Å²) in [7, 11) is 0. The van der Waals surface area contributed by atoms with Crippen molar-refractivity contribution in [3.8, 4) is 0 Å². The van der Waals surface area contributed by atoms with Crippen LogP contribution in [0.4, 0.5) is 0 Å². The molecule has 1 aromatic heterocycles. The topological polar surface area (TPSA) is 41.8 Å². The Labute approximate surface area is 119 Å². The Bertz CT molecular complexity index is 683. The van der Waals surface area contributed by atoms with Crippen molar-refractivity contribution in [3.63, 3.8) is 0 Å². The third-order valence-electron chi connectivity index (χ3n) is 3.81. The third kappa shape index (κ3) is 2.47. The molecule has 3 N–H and O–H groups in total. The fraction of sp³-hybridized carbons (Fsp3) is 0.222. The first kappa shape index (κ1) is 12.9. The minimum Gasteiger partial charge on any atom is -0.361 e. The second kappa shape index (κ2) is 5.51. The number of hydrogen-bond donors (Lipinski definition) is 2.